The Hall–Kier alpha value is -3.51. The Morgan fingerprint density at radius 3 is 2.75 bits per heavy atom. The molecule has 2 aromatic heterocycles. The number of hydrogen-bond acceptors (Lipinski definition) is 7. The second-order valence-electron chi connectivity index (χ2n) is 9.21. The summed E-state index contributed by atoms with van der Waals surface area (Å²) in [7, 11) is -3.95. The molecule has 3 heterocycles. The molecular formula is C24H29N5O6S. The molecule has 3 aromatic rings. The number of furan rings is 1. The SMILES string of the molecule is CC(C)C[C@H](NC(=O)c1cc2ccccc2o1)C(=O)NC1CCCN(S(=O)(=O)c2ncc[nH]2)CC1=O. The first-order valence-corrected chi connectivity index (χ1v) is 13.2. The Balaban J connectivity index is 1.44. The predicted octanol–water partition coefficient (Wildman–Crippen LogP) is 1.84. The summed E-state index contributed by atoms with van der Waals surface area (Å²) in [6, 6.07) is 7.04. The van der Waals surface area contributed by atoms with Crippen LogP contribution in [0.4, 0.5) is 0 Å². The normalized spacial score (nSPS) is 18.2. The van der Waals surface area contributed by atoms with Crippen molar-refractivity contribution < 1.29 is 27.2 Å². The summed E-state index contributed by atoms with van der Waals surface area (Å²) in [6.45, 7) is 3.58. The van der Waals surface area contributed by atoms with E-state index in [4.69, 9.17) is 4.42 Å². The molecule has 2 atom stereocenters. The van der Waals surface area contributed by atoms with Crippen LogP contribution in [0.1, 0.15) is 43.7 Å². The summed E-state index contributed by atoms with van der Waals surface area (Å²) in [5.74, 6) is -1.30. The van der Waals surface area contributed by atoms with Gasteiger partial charge in [-0.2, -0.15) is 4.31 Å². The molecule has 192 valence electrons. The van der Waals surface area contributed by atoms with Gasteiger partial charge in [0.15, 0.2) is 11.5 Å². The lowest BCUT2D eigenvalue weighted by molar-refractivity contribution is -0.129. The first kappa shape index (κ1) is 25.6. The van der Waals surface area contributed by atoms with E-state index in [1.165, 1.54) is 12.4 Å². The van der Waals surface area contributed by atoms with Crippen molar-refractivity contribution in [3.63, 3.8) is 0 Å². The number of nitrogens with one attached hydrogen (secondary N) is 3. The third-order valence-corrected chi connectivity index (χ3v) is 7.68. The lowest BCUT2D eigenvalue weighted by atomic mass is 10.0. The fourth-order valence-corrected chi connectivity index (χ4v) is 5.49. The molecule has 1 saturated heterocycles. The molecule has 1 fully saturated rings. The third kappa shape index (κ3) is 5.65. The fourth-order valence-electron chi connectivity index (χ4n) is 4.17. The number of fused-ring (bicyclic) bond motifs is 1. The van der Waals surface area contributed by atoms with E-state index in [0.29, 0.717) is 18.4 Å². The summed E-state index contributed by atoms with van der Waals surface area (Å²) < 4.78 is 32.2. The molecule has 1 aromatic carbocycles. The Labute approximate surface area is 208 Å². The summed E-state index contributed by atoms with van der Waals surface area (Å²) in [5.41, 5.74) is 0.561. The zero-order valence-corrected chi connectivity index (χ0v) is 20.9. The number of aromatic amines is 1. The number of sulfonamides is 1. The van der Waals surface area contributed by atoms with Gasteiger partial charge in [0.1, 0.15) is 11.6 Å². The average Bonchev–Trinajstić information content (AvgIpc) is 3.49. The highest BCUT2D eigenvalue weighted by molar-refractivity contribution is 7.89. The van der Waals surface area contributed by atoms with Gasteiger partial charge in [-0.3, -0.25) is 14.4 Å². The highest BCUT2D eigenvalue weighted by Gasteiger charge is 2.35. The first-order chi connectivity index (χ1) is 17.1. The number of amides is 2. The molecule has 4 rings (SSSR count). The average molecular weight is 516 g/mol. The number of hydrogen-bond donors (Lipinski definition) is 3. The van der Waals surface area contributed by atoms with Crippen molar-refractivity contribution in [3.05, 3.63) is 48.5 Å². The van der Waals surface area contributed by atoms with Crippen molar-refractivity contribution in [2.45, 2.75) is 50.4 Å². The molecule has 36 heavy (non-hydrogen) atoms. The number of imidazole rings is 1. The molecule has 1 unspecified atom stereocenters. The molecule has 11 nitrogen and oxygen atoms in total. The highest BCUT2D eigenvalue weighted by Crippen LogP contribution is 2.20. The number of Topliss-reactive ketones (excluding diaryl/α,β-unsaturated/α-hetero) is 1. The number of carbonyl (C=O) groups is 3. The molecular weight excluding hydrogens is 486 g/mol. The van der Waals surface area contributed by atoms with E-state index in [9.17, 15) is 22.8 Å². The highest BCUT2D eigenvalue weighted by atomic mass is 32.2. The second kappa shape index (κ2) is 10.6. The van der Waals surface area contributed by atoms with Crippen molar-refractivity contribution >= 4 is 38.6 Å². The maximum Gasteiger partial charge on any atom is 0.287 e. The summed E-state index contributed by atoms with van der Waals surface area (Å²) in [4.78, 5) is 45.3. The van der Waals surface area contributed by atoms with Crippen LogP contribution in [-0.2, 0) is 19.6 Å². The Morgan fingerprint density at radius 1 is 1.28 bits per heavy atom. The van der Waals surface area contributed by atoms with E-state index in [1.54, 1.807) is 18.2 Å². The Kier molecular flexibility index (Phi) is 7.55. The van der Waals surface area contributed by atoms with Crippen molar-refractivity contribution in [1.82, 2.24) is 24.9 Å². The van der Waals surface area contributed by atoms with Crippen LogP contribution in [0.25, 0.3) is 11.0 Å². The van der Waals surface area contributed by atoms with Crippen molar-refractivity contribution in [3.8, 4) is 0 Å². The number of carbonyl (C=O) groups excluding carboxylic acids is 3. The molecule has 1 aliphatic heterocycles. The zero-order chi connectivity index (χ0) is 25.9. The molecule has 0 bridgehead atoms. The predicted molar refractivity (Wildman–Crippen MR) is 130 cm³/mol. The van der Waals surface area contributed by atoms with Crippen LogP contribution < -0.4 is 10.6 Å². The zero-order valence-electron chi connectivity index (χ0n) is 20.1. The maximum atomic E-state index is 13.2. The largest absolute Gasteiger partial charge is 0.451 e. The fraction of sp³-hybridized carbons (Fsp3) is 0.417. The molecule has 0 radical (unpaired) electrons. The van der Waals surface area contributed by atoms with Gasteiger partial charge in [0.05, 0.1) is 12.6 Å². The van der Waals surface area contributed by atoms with Gasteiger partial charge in [0, 0.05) is 24.3 Å². The van der Waals surface area contributed by atoms with Gasteiger partial charge < -0.3 is 20.0 Å². The van der Waals surface area contributed by atoms with E-state index in [1.807, 2.05) is 26.0 Å². The Bertz CT molecular complexity index is 1320. The van der Waals surface area contributed by atoms with E-state index in [-0.39, 0.29) is 36.3 Å². The number of H-pyrrole nitrogens is 1. The molecule has 1 aliphatic rings. The lowest BCUT2D eigenvalue weighted by Gasteiger charge is -2.23. The van der Waals surface area contributed by atoms with Crippen LogP contribution in [0.3, 0.4) is 0 Å². The third-order valence-electron chi connectivity index (χ3n) is 5.97. The molecule has 0 saturated carbocycles. The van der Waals surface area contributed by atoms with Crippen LogP contribution in [0.2, 0.25) is 0 Å². The summed E-state index contributed by atoms with van der Waals surface area (Å²) in [6.07, 6.45) is 3.71. The molecule has 3 N–H and O–H groups in total. The van der Waals surface area contributed by atoms with Crippen LogP contribution in [-0.4, -0.2) is 65.5 Å². The minimum absolute atomic E-state index is 0.0792. The number of benzene rings is 1. The van der Waals surface area contributed by atoms with Gasteiger partial charge in [-0.25, -0.2) is 13.4 Å². The topological polar surface area (TPSA) is 154 Å². The molecule has 0 spiro atoms. The van der Waals surface area contributed by atoms with Gasteiger partial charge in [-0.15, -0.1) is 0 Å². The molecule has 0 aliphatic carbocycles. The van der Waals surface area contributed by atoms with Gasteiger partial charge >= 0.3 is 0 Å². The number of ketones is 1. The van der Waals surface area contributed by atoms with Gasteiger partial charge in [-0.1, -0.05) is 32.0 Å². The minimum Gasteiger partial charge on any atom is -0.451 e. The van der Waals surface area contributed by atoms with Crippen LogP contribution in [0.5, 0.6) is 0 Å². The van der Waals surface area contributed by atoms with Crippen molar-refractivity contribution in [2.75, 3.05) is 13.1 Å². The maximum absolute atomic E-state index is 13.2. The number of aromatic nitrogens is 2. The van der Waals surface area contributed by atoms with Crippen LogP contribution in [0.15, 0.2) is 52.3 Å². The second-order valence-corrected chi connectivity index (χ2v) is 11.1. The Morgan fingerprint density at radius 2 is 2.06 bits per heavy atom. The van der Waals surface area contributed by atoms with Crippen molar-refractivity contribution in [2.24, 2.45) is 5.92 Å². The van der Waals surface area contributed by atoms with E-state index < -0.39 is 39.7 Å². The number of para-hydroxylation sites is 1. The molecule has 12 heteroatoms. The van der Waals surface area contributed by atoms with Crippen molar-refractivity contribution in [1.29, 1.82) is 0 Å². The van der Waals surface area contributed by atoms with Gasteiger partial charge in [0.25, 0.3) is 15.9 Å². The standard InChI is InChI=1S/C24H29N5O6S/c1-15(2)12-18(28-23(32)21-13-16-6-3-4-8-20(16)35-21)22(31)27-17-7-5-11-29(14-19(17)30)36(33,34)24-25-9-10-26-24/h3-4,6,8-10,13,15,17-18H,5,7,11-12,14H2,1-2H3,(H,25,26)(H,27,31)(H,28,32)/t17?,18-/m0/s1. The quantitative estimate of drug-likeness (QED) is 0.413. The van der Waals surface area contributed by atoms with Gasteiger partial charge in [-0.05, 0) is 37.3 Å². The summed E-state index contributed by atoms with van der Waals surface area (Å²) in [5, 5.41) is 5.98. The van der Waals surface area contributed by atoms with Crippen LogP contribution >= 0.6 is 0 Å². The van der Waals surface area contributed by atoms with E-state index in [0.717, 1.165) is 9.69 Å². The smallest absolute Gasteiger partial charge is 0.287 e. The molecule has 2 amide bonds. The van der Waals surface area contributed by atoms with Crippen LogP contribution in [0, 0.1) is 5.92 Å². The van der Waals surface area contributed by atoms with Gasteiger partial charge in [0.2, 0.25) is 11.1 Å². The monoisotopic (exact) mass is 515 g/mol. The summed E-state index contributed by atoms with van der Waals surface area (Å²) >= 11 is 0. The lowest BCUT2D eigenvalue weighted by Crippen LogP contribution is -2.52. The number of nitrogens with zero attached hydrogens (tertiary/aromatic N) is 2. The van der Waals surface area contributed by atoms with E-state index >= 15 is 0 Å². The number of rotatable bonds is 8. The van der Waals surface area contributed by atoms with E-state index in [2.05, 4.69) is 20.6 Å². The first-order valence-electron chi connectivity index (χ1n) is 11.8. The minimum atomic E-state index is -3.95.